The highest BCUT2D eigenvalue weighted by Crippen LogP contribution is 2.22. The fraction of sp³-hybridized carbons (Fsp3) is 0.556. The molecule has 2 heterocycles. The number of carbonyl (C=O) groups is 2. The highest BCUT2D eigenvalue weighted by Gasteiger charge is 2.32. The van der Waals surface area contributed by atoms with E-state index in [2.05, 4.69) is 27.8 Å². The molecule has 0 bridgehead atoms. The van der Waals surface area contributed by atoms with Crippen molar-refractivity contribution in [1.29, 1.82) is 0 Å². The summed E-state index contributed by atoms with van der Waals surface area (Å²) < 4.78 is 5.10. The summed E-state index contributed by atoms with van der Waals surface area (Å²) >= 11 is 1.22. The lowest BCUT2D eigenvalue weighted by molar-refractivity contribution is -0.125. The number of thioether (sulfide) groups is 1. The molecule has 0 saturated carbocycles. The van der Waals surface area contributed by atoms with Crippen molar-refractivity contribution >= 4 is 35.0 Å². The third kappa shape index (κ3) is 7.43. The minimum Gasteiger partial charge on any atom is -0.463 e. The van der Waals surface area contributed by atoms with Crippen molar-refractivity contribution in [3.05, 3.63) is 24.2 Å². The summed E-state index contributed by atoms with van der Waals surface area (Å²) in [5.74, 6) is 0.262. The Morgan fingerprint density at radius 1 is 1.35 bits per heavy atom. The molecular formula is C18H26N4O3S. The Morgan fingerprint density at radius 2 is 2.15 bits per heavy atom. The molecule has 1 fully saturated rings. The zero-order chi connectivity index (χ0) is 18.6. The second-order valence-corrected chi connectivity index (χ2v) is 7.27. The van der Waals surface area contributed by atoms with E-state index in [1.165, 1.54) is 43.7 Å². The van der Waals surface area contributed by atoms with Gasteiger partial charge in [0.15, 0.2) is 5.17 Å². The van der Waals surface area contributed by atoms with Crippen molar-refractivity contribution in [3.63, 3.8) is 0 Å². The molecule has 142 valence electrons. The summed E-state index contributed by atoms with van der Waals surface area (Å²) in [6.07, 6.45) is 10.2. The second kappa shape index (κ2) is 11.5. The molecule has 1 aromatic rings. The van der Waals surface area contributed by atoms with Crippen LogP contribution in [-0.2, 0) is 9.59 Å². The van der Waals surface area contributed by atoms with Crippen LogP contribution >= 0.6 is 11.8 Å². The maximum Gasteiger partial charge on any atom is 0.240 e. The number of hydrogen-bond acceptors (Lipinski definition) is 6. The molecule has 1 aliphatic rings. The molecule has 2 rings (SSSR count). The highest BCUT2D eigenvalue weighted by molar-refractivity contribution is 8.15. The molecule has 0 spiro atoms. The molecule has 2 amide bonds. The second-order valence-electron chi connectivity index (χ2n) is 6.08. The van der Waals surface area contributed by atoms with Crippen LogP contribution in [0.25, 0.3) is 0 Å². The first-order valence-electron chi connectivity index (χ1n) is 9.07. The number of nitrogens with one attached hydrogen (secondary N) is 2. The van der Waals surface area contributed by atoms with Gasteiger partial charge in [0.05, 0.1) is 12.5 Å². The van der Waals surface area contributed by atoms with Crippen molar-refractivity contribution in [3.8, 4) is 0 Å². The maximum absolute atomic E-state index is 12.0. The molecule has 26 heavy (non-hydrogen) atoms. The van der Waals surface area contributed by atoms with Gasteiger partial charge in [-0.3, -0.25) is 9.59 Å². The van der Waals surface area contributed by atoms with Gasteiger partial charge in [0, 0.05) is 13.0 Å². The average molecular weight is 378 g/mol. The van der Waals surface area contributed by atoms with Gasteiger partial charge in [-0.15, -0.1) is 5.10 Å². The Hall–Kier alpha value is -2.09. The van der Waals surface area contributed by atoms with E-state index in [1.807, 2.05) is 0 Å². The predicted molar refractivity (Wildman–Crippen MR) is 104 cm³/mol. The van der Waals surface area contributed by atoms with Crippen LogP contribution < -0.4 is 10.6 Å². The SMILES string of the molecule is CCCCCCCCNC(=O)CC1S/C(=N\N=C\c2ccco2)NC1=O. The molecular weight excluding hydrogens is 352 g/mol. The minimum atomic E-state index is -0.461. The van der Waals surface area contributed by atoms with E-state index in [1.54, 1.807) is 18.4 Å². The van der Waals surface area contributed by atoms with Crippen molar-refractivity contribution in [2.45, 2.75) is 57.1 Å². The minimum absolute atomic E-state index is 0.105. The fourth-order valence-corrected chi connectivity index (χ4v) is 3.39. The van der Waals surface area contributed by atoms with Gasteiger partial charge in [0.25, 0.3) is 0 Å². The number of hydrogen-bond donors (Lipinski definition) is 2. The third-order valence-electron chi connectivity index (χ3n) is 3.88. The molecule has 0 aliphatic carbocycles. The molecule has 0 radical (unpaired) electrons. The normalized spacial score (nSPS) is 18.6. The standard InChI is InChI=1S/C18H26N4O3S/c1-2-3-4-5-6-7-10-19-16(23)12-15-17(24)21-18(26-15)22-20-13-14-9-8-11-25-14/h8-9,11,13,15H,2-7,10,12H2,1H3,(H,19,23)(H,21,22,24)/b20-13+. The number of carbonyl (C=O) groups excluding carboxylic acids is 2. The first-order valence-corrected chi connectivity index (χ1v) is 9.95. The Morgan fingerprint density at radius 3 is 2.92 bits per heavy atom. The number of furan rings is 1. The monoisotopic (exact) mass is 378 g/mol. The van der Waals surface area contributed by atoms with Crippen molar-refractivity contribution < 1.29 is 14.0 Å². The van der Waals surface area contributed by atoms with Crippen LogP contribution in [0.15, 0.2) is 33.0 Å². The van der Waals surface area contributed by atoms with Crippen molar-refractivity contribution in [2.24, 2.45) is 10.2 Å². The first kappa shape index (κ1) is 20.2. The van der Waals surface area contributed by atoms with Crippen LogP contribution in [0, 0.1) is 0 Å². The van der Waals surface area contributed by atoms with Crippen LogP contribution in [0.4, 0.5) is 0 Å². The van der Waals surface area contributed by atoms with Crippen LogP contribution in [0.3, 0.4) is 0 Å². The molecule has 1 aromatic heterocycles. The lowest BCUT2D eigenvalue weighted by atomic mass is 10.1. The number of nitrogens with zero attached hydrogens (tertiary/aromatic N) is 2. The van der Waals surface area contributed by atoms with Crippen LogP contribution in [0.2, 0.25) is 0 Å². The smallest absolute Gasteiger partial charge is 0.240 e. The van der Waals surface area contributed by atoms with E-state index < -0.39 is 5.25 Å². The molecule has 1 unspecified atom stereocenters. The lowest BCUT2D eigenvalue weighted by Crippen LogP contribution is -2.31. The van der Waals surface area contributed by atoms with Gasteiger partial charge in [0.1, 0.15) is 11.0 Å². The zero-order valence-electron chi connectivity index (χ0n) is 15.1. The van der Waals surface area contributed by atoms with Crippen molar-refractivity contribution in [2.75, 3.05) is 6.54 Å². The number of rotatable bonds is 11. The fourth-order valence-electron chi connectivity index (χ4n) is 2.46. The van der Waals surface area contributed by atoms with Crippen LogP contribution in [-0.4, -0.2) is 35.0 Å². The maximum atomic E-state index is 12.0. The third-order valence-corrected chi connectivity index (χ3v) is 4.95. The van der Waals surface area contributed by atoms with Gasteiger partial charge in [-0.25, -0.2) is 0 Å². The Labute approximate surface area is 158 Å². The topological polar surface area (TPSA) is 96.1 Å². The molecule has 8 heteroatoms. The molecule has 1 atom stereocenters. The Bertz CT molecular complexity index is 628. The number of unbranched alkanes of at least 4 members (excludes halogenated alkanes) is 5. The van der Waals surface area contributed by atoms with E-state index in [-0.39, 0.29) is 18.2 Å². The predicted octanol–water partition coefficient (Wildman–Crippen LogP) is 3.07. The summed E-state index contributed by atoms with van der Waals surface area (Å²) in [6.45, 7) is 2.86. The Kier molecular flexibility index (Phi) is 8.95. The largest absolute Gasteiger partial charge is 0.463 e. The van der Waals surface area contributed by atoms with Gasteiger partial charge in [-0.2, -0.15) is 5.10 Å². The summed E-state index contributed by atoms with van der Waals surface area (Å²) in [6, 6.07) is 3.50. The average Bonchev–Trinajstić information content (AvgIpc) is 3.24. The number of amides is 2. The van der Waals surface area contributed by atoms with Gasteiger partial charge in [-0.05, 0) is 18.6 Å². The van der Waals surface area contributed by atoms with Crippen LogP contribution in [0.5, 0.6) is 0 Å². The quantitative estimate of drug-likeness (QED) is 0.351. The van der Waals surface area contributed by atoms with E-state index in [4.69, 9.17) is 4.42 Å². The van der Waals surface area contributed by atoms with Gasteiger partial charge >= 0.3 is 0 Å². The molecule has 1 aliphatic heterocycles. The van der Waals surface area contributed by atoms with E-state index in [9.17, 15) is 9.59 Å². The van der Waals surface area contributed by atoms with E-state index in [0.29, 0.717) is 17.5 Å². The van der Waals surface area contributed by atoms with E-state index in [0.717, 1.165) is 12.8 Å². The molecule has 7 nitrogen and oxygen atoms in total. The first-order chi connectivity index (χ1) is 12.7. The molecule has 2 N–H and O–H groups in total. The summed E-state index contributed by atoms with van der Waals surface area (Å²) in [5.41, 5.74) is 0. The van der Waals surface area contributed by atoms with Crippen LogP contribution in [0.1, 0.15) is 57.6 Å². The van der Waals surface area contributed by atoms with E-state index >= 15 is 0 Å². The lowest BCUT2D eigenvalue weighted by Gasteiger charge is -2.07. The van der Waals surface area contributed by atoms with Gasteiger partial charge in [-0.1, -0.05) is 50.8 Å². The summed E-state index contributed by atoms with van der Waals surface area (Å²) in [5, 5.41) is 13.3. The summed E-state index contributed by atoms with van der Waals surface area (Å²) in [7, 11) is 0. The number of amidine groups is 1. The van der Waals surface area contributed by atoms with Gasteiger partial charge in [0.2, 0.25) is 11.8 Å². The zero-order valence-corrected chi connectivity index (χ0v) is 15.9. The van der Waals surface area contributed by atoms with Crippen molar-refractivity contribution in [1.82, 2.24) is 10.6 Å². The highest BCUT2D eigenvalue weighted by atomic mass is 32.2. The molecule has 0 aromatic carbocycles. The molecule has 1 saturated heterocycles. The summed E-state index contributed by atoms with van der Waals surface area (Å²) in [4.78, 5) is 23.9. The Balaban J connectivity index is 1.64. The van der Waals surface area contributed by atoms with Gasteiger partial charge < -0.3 is 15.1 Å².